The molecule has 2 aromatic carbocycles. The maximum atomic E-state index is 12.0. The van der Waals surface area contributed by atoms with Crippen LogP contribution < -0.4 is 5.73 Å². The summed E-state index contributed by atoms with van der Waals surface area (Å²) >= 11 is 4.77. The SMILES string of the molecule is CCCC[C@@H](Sc1nnc(CSc2nc3ccccc3s2)n1Cc1ccccc1)C(N)=O. The Labute approximate surface area is 200 Å². The van der Waals surface area contributed by atoms with E-state index in [1.165, 1.54) is 16.5 Å². The zero-order chi connectivity index (χ0) is 22.3. The second-order valence-corrected chi connectivity index (χ2v) is 10.8. The van der Waals surface area contributed by atoms with Crippen molar-refractivity contribution in [2.45, 2.75) is 53.2 Å². The van der Waals surface area contributed by atoms with Crippen molar-refractivity contribution in [2.75, 3.05) is 0 Å². The van der Waals surface area contributed by atoms with Gasteiger partial charge in [0.15, 0.2) is 9.50 Å². The van der Waals surface area contributed by atoms with Crippen molar-refractivity contribution in [2.24, 2.45) is 5.73 Å². The zero-order valence-electron chi connectivity index (χ0n) is 17.8. The molecule has 0 spiro atoms. The number of carbonyl (C=O) groups is 1. The third-order valence-electron chi connectivity index (χ3n) is 4.96. The normalized spacial score (nSPS) is 12.3. The smallest absolute Gasteiger partial charge is 0.231 e. The molecule has 0 saturated carbocycles. The molecule has 0 aliphatic heterocycles. The number of carbonyl (C=O) groups excluding carboxylic acids is 1. The average Bonchev–Trinajstić information content (AvgIpc) is 3.39. The highest BCUT2D eigenvalue weighted by molar-refractivity contribution is 8.00. The maximum absolute atomic E-state index is 12.0. The Bertz CT molecular complexity index is 1140. The fraction of sp³-hybridized carbons (Fsp3) is 0.304. The highest BCUT2D eigenvalue weighted by Crippen LogP contribution is 2.33. The summed E-state index contributed by atoms with van der Waals surface area (Å²) in [6.45, 7) is 2.75. The number of fused-ring (bicyclic) bond motifs is 1. The summed E-state index contributed by atoms with van der Waals surface area (Å²) in [5.41, 5.74) is 7.85. The Kier molecular flexibility index (Phi) is 7.83. The Morgan fingerprint density at radius 3 is 2.66 bits per heavy atom. The van der Waals surface area contributed by atoms with Crippen LogP contribution in [0.1, 0.15) is 37.6 Å². The first-order chi connectivity index (χ1) is 15.6. The van der Waals surface area contributed by atoms with Crippen LogP contribution in [0.2, 0.25) is 0 Å². The standard InChI is InChI=1S/C23H25N5OS3/c1-2-3-12-19(21(24)29)31-22-27-26-20(28(22)14-16-9-5-4-6-10-16)15-30-23-25-17-11-7-8-13-18(17)32-23/h4-11,13,19H,2-3,12,14-15H2,1H3,(H2,24,29)/t19-/m1/s1. The number of hydrogen-bond donors (Lipinski definition) is 1. The molecule has 0 saturated heterocycles. The monoisotopic (exact) mass is 483 g/mol. The number of thioether (sulfide) groups is 2. The Balaban J connectivity index is 1.56. The first-order valence-corrected chi connectivity index (χ1v) is 13.2. The highest BCUT2D eigenvalue weighted by atomic mass is 32.2. The lowest BCUT2D eigenvalue weighted by atomic mass is 10.2. The van der Waals surface area contributed by atoms with Crippen molar-refractivity contribution in [3.63, 3.8) is 0 Å². The van der Waals surface area contributed by atoms with Gasteiger partial charge in [-0.1, -0.05) is 85.8 Å². The van der Waals surface area contributed by atoms with E-state index in [0.29, 0.717) is 12.3 Å². The van der Waals surface area contributed by atoms with Crippen LogP contribution >= 0.6 is 34.9 Å². The quantitative estimate of drug-likeness (QED) is 0.289. The van der Waals surface area contributed by atoms with E-state index in [1.54, 1.807) is 23.1 Å². The molecule has 4 rings (SSSR count). The van der Waals surface area contributed by atoms with E-state index in [1.807, 2.05) is 36.4 Å². The molecular weight excluding hydrogens is 458 g/mol. The van der Waals surface area contributed by atoms with E-state index in [4.69, 9.17) is 10.7 Å². The lowest BCUT2D eigenvalue weighted by Crippen LogP contribution is -2.26. The summed E-state index contributed by atoms with van der Waals surface area (Å²) in [6, 6.07) is 18.4. The van der Waals surface area contributed by atoms with Gasteiger partial charge < -0.3 is 10.3 Å². The van der Waals surface area contributed by atoms with Crippen molar-refractivity contribution in [3.05, 3.63) is 66.0 Å². The summed E-state index contributed by atoms with van der Waals surface area (Å²) in [5, 5.41) is 9.33. The van der Waals surface area contributed by atoms with Crippen LogP contribution in [0.15, 0.2) is 64.1 Å². The fourth-order valence-corrected chi connectivity index (χ4v) is 6.30. The second kappa shape index (κ2) is 11.0. The Morgan fingerprint density at radius 2 is 1.91 bits per heavy atom. The average molecular weight is 484 g/mol. The number of amides is 1. The molecule has 0 aliphatic rings. The van der Waals surface area contributed by atoms with Crippen molar-refractivity contribution >= 4 is 51.0 Å². The number of benzene rings is 2. The summed E-state index contributed by atoms with van der Waals surface area (Å²) < 4.78 is 4.28. The molecule has 4 aromatic rings. The molecule has 0 unspecified atom stereocenters. The zero-order valence-corrected chi connectivity index (χ0v) is 20.3. The number of hydrogen-bond acceptors (Lipinski definition) is 7. The largest absolute Gasteiger partial charge is 0.369 e. The predicted octanol–water partition coefficient (Wildman–Crippen LogP) is 5.36. The molecule has 0 bridgehead atoms. The topological polar surface area (TPSA) is 86.7 Å². The van der Waals surface area contributed by atoms with E-state index in [9.17, 15) is 4.79 Å². The molecule has 0 aliphatic carbocycles. The number of primary amides is 1. The van der Waals surface area contributed by atoms with Gasteiger partial charge in [0.25, 0.3) is 0 Å². The minimum absolute atomic E-state index is 0.303. The summed E-state index contributed by atoms with van der Waals surface area (Å²) in [4.78, 5) is 16.7. The molecule has 1 atom stereocenters. The molecule has 32 heavy (non-hydrogen) atoms. The lowest BCUT2D eigenvalue weighted by molar-refractivity contribution is -0.117. The molecule has 2 heterocycles. The fourth-order valence-electron chi connectivity index (χ4n) is 3.25. The van der Waals surface area contributed by atoms with Gasteiger partial charge in [-0.3, -0.25) is 4.79 Å². The van der Waals surface area contributed by atoms with Crippen LogP contribution in [0.25, 0.3) is 10.2 Å². The molecule has 0 radical (unpaired) electrons. The number of nitrogens with two attached hydrogens (primary N) is 1. The third-order valence-corrected chi connectivity index (χ3v) is 8.40. The molecular formula is C23H25N5OS3. The van der Waals surface area contributed by atoms with Gasteiger partial charge in [-0.25, -0.2) is 4.98 Å². The van der Waals surface area contributed by atoms with Crippen LogP contribution in [0.5, 0.6) is 0 Å². The van der Waals surface area contributed by atoms with Gasteiger partial charge in [-0.05, 0) is 24.1 Å². The molecule has 6 nitrogen and oxygen atoms in total. The van der Waals surface area contributed by atoms with Gasteiger partial charge in [0.05, 0.1) is 27.8 Å². The molecule has 166 valence electrons. The summed E-state index contributed by atoms with van der Waals surface area (Å²) in [7, 11) is 0. The number of aromatic nitrogens is 4. The Morgan fingerprint density at radius 1 is 1.12 bits per heavy atom. The van der Waals surface area contributed by atoms with E-state index in [0.717, 1.165) is 45.7 Å². The molecule has 2 N–H and O–H groups in total. The minimum atomic E-state index is -0.307. The van der Waals surface area contributed by atoms with Gasteiger partial charge in [-0.2, -0.15) is 0 Å². The highest BCUT2D eigenvalue weighted by Gasteiger charge is 2.22. The van der Waals surface area contributed by atoms with Crippen molar-refractivity contribution in [1.29, 1.82) is 0 Å². The van der Waals surface area contributed by atoms with Crippen LogP contribution in [0.3, 0.4) is 0 Å². The van der Waals surface area contributed by atoms with Crippen molar-refractivity contribution < 1.29 is 4.79 Å². The first-order valence-electron chi connectivity index (χ1n) is 10.5. The first kappa shape index (κ1) is 22.8. The van der Waals surface area contributed by atoms with Crippen LogP contribution in [-0.2, 0) is 17.1 Å². The Hall–Kier alpha value is -2.36. The number of para-hydroxylation sites is 1. The van der Waals surface area contributed by atoms with E-state index in [2.05, 4.69) is 39.9 Å². The van der Waals surface area contributed by atoms with Gasteiger partial charge in [0.2, 0.25) is 5.91 Å². The summed E-state index contributed by atoms with van der Waals surface area (Å²) in [5.74, 6) is 1.21. The maximum Gasteiger partial charge on any atom is 0.231 e. The van der Waals surface area contributed by atoms with Crippen LogP contribution in [0.4, 0.5) is 0 Å². The summed E-state index contributed by atoms with van der Waals surface area (Å²) in [6.07, 6.45) is 2.71. The number of nitrogens with zero attached hydrogens (tertiary/aromatic N) is 4. The molecule has 2 aromatic heterocycles. The molecule has 9 heteroatoms. The minimum Gasteiger partial charge on any atom is -0.369 e. The van der Waals surface area contributed by atoms with Crippen LogP contribution in [-0.4, -0.2) is 30.9 Å². The van der Waals surface area contributed by atoms with Gasteiger partial charge >= 0.3 is 0 Å². The molecule has 1 amide bonds. The van der Waals surface area contributed by atoms with Gasteiger partial charge in [-0.15, -0.1) is 21.5 Å². The van der Waals surface area contributed by atoms with Gasteiger partial charge in [0.1, 0.15) is 5.82 Å². The number of thiazole rings is 1. The van der Waals surface area contributed by atoms with E-state index in [-0.39, 0.29) is 11.2 Å². The molecule has 0 fully saturated rings. The van der Waals surface area contributed by atoms with Crippen molar-refractivity contribution in [3.8, 4) is 0 Å². The number of rotatable bonds is 11. The van der Waals surface area contributed by atoms with E-state index < -0.39 is 0 Å². The van der Waals surface area contributed by atoms with E-state index >= 15 is 0 Å². The van der Waals surface area contributed by atoms with Gasteiger partial charge in [0, 0.05) is 0 Å². The lowest BCUT2D eigenvalue weighted by Gasteiger charge is -2.14. The van der Waals surface area contributed by atoms with Crippen LogP contribution in [0, 0.1) is 0 Å². The van der Waals surface area contributed by atoms with Crippen molar-refractivity contribution in [1.82, 2.24) is 19.7 Å². The third kappa shape index (κ3) is 5.70. The second-order valence-electron chi connectivity index (χ2n) is 7.36. The number of unbranched alkanes of at least 4 members (excludes halogenated alkanes) is 1. The predicted molar refractivity (Wildman–Crippen MR) is 133 cm³/mol.